The monoisotopic (exact) mass is 258 g/mol. The molecular weight excluding hydrogens is 232 g/mol. The number of carbonyl (C=O) groups is 1. The molecule has 18 heavy (non-hydrogen) atoms. The SMILES string of the molecule is CNC(C)(CC(C)N1CC(C)OCC1C)C(=O)O. The van der Waals surface area contributed by atoms with Crippen molar-refractivity contribution in [1.82, 2.24) is 10.2 Å². The number of hydrogen-bond donors (Lipinski definition) is 2. The van der Waals surface area contributed by atoms with E-state index in [0.29, 0.717) is 12.5 Å². The van der Waals surface area contributed by atoms with Gasteiger partial charge in [0.1, 0.15) is 5.54 Å². The minimum absolute atomic E-state index is 0.208. The number of rotatable bonds is 5. The maximum atomic E-state index is 11.3. The molecule has 1 aliphatic heterocycles. The van der Waals surface area contributed by atoms with Gasteiger partial charge in [-0.2, -0.15) is 0 Å². The molecule has 2 N–H and O–H groups in total. The van der Waals surface area contributed by atoms with Gasteiger partial charge in [0.25, 0.3) is 0 Å². The lowest BCUT2D eigenvalue weighted by atomic mass is 9.92. The van der Waals surface area contributed by atoms with Crippen LogP contribution in [0.25, 0.3) is 0 Å². The minimum atomic E-state index is -0.874. The summed E-state index contributed by atoms with van der Waals surface area (Å²) in [6.07, 6.45) is 0.796. The lowest BCUT2D eigenvalue weighted by Gasteiger charge is -2.42. The summed E-state index contributed by atoms with van der Waals surface area (Å²) < 4.78 is 5.60. The Bertz CT molecular complexity index is 298. The van der Waals surface area contributed by atoms with E-state index in [9.17, 15) is 9.90 Å². The van der Waals surface area contributed by atoms with Gasteiger partial charge in [0, 0.05) is 18.6 Å². The van der Waals surface area contributed by atoms with Crippen molar-refractivity contribution >= 4 is 5.97 Å². The van der Waals surface area contributed by atoms with E-state index >= 15 is 0 Å². The highest BCUT2D eigenvalue weighted by atomic mass is 16.5. The van der Waals surface area contributed by atoms with E-state index in [1.165, 1.54) is 0 Å². The number of nitrogens with zero attached hydrogens (tertiary/aromatic N) is 1. The topological polar surface area (TPSA) is 61.8 Å². The molecule has 1 rings (SSSR count). The van der Waals surface area contributed by atoms with Crippen LogP contribution in [-0.4, -0.2) is 59.9 Å². The summed E-state index contributed by atoms with van der Waals surface area (Å²) in [5.41, 5.74) is -0.874. The lowest BCUT2D eigenvalue weighted by molar-refractivity contribution is -0.145. The third kappa shape index (κ3) is 3.43. The first-order valence-electron chi connectivity index (χ1n) is 6.60. The molecule has 5 nitrogen and oxygen atoms in total. The fourth-order valence-electron chi connectivity index (χ4n) is 2.55. The van der Waals surface area contributed by atoms with E-state index in [-0.39, 0.29) is 12.1 Å². The van der Waals surface area contributed by atoms with Crippen LogP contribution in [0.1, 0.15) is 34.1 Å². The Kier molecular flexibility index (Phi) is 5.13. The molecule has 0 aromatic heterocycles. The van der Waals surface area contributed by atoms with Crippen LogP contribution in [0.15, 0.2) is 0 Å². The summed E-state index contributed by atoms with van der Waals surface area (Å²) in [5.74, 6) is -0.800. The molecule has 0 amide bonds. The van der Waals surface area contributed by atoms with Gasteiger partial charge in [-0.05, 0) is 41.2 Å². The van der Waals surface area contributed by atoms with E-state index in [2.05, 4.69) is 31.0 Å². The first-order chi connectivity index (χ1) is 8.30. The zero-order valence-corrected chi connectivity index (χ0v) is 12.1. The molecule has 1 heterocycles. The number of hydrogen-bond acceptors (Lipinski definition) is 4. The molecule has 1 aliphatic rings. The van der Waals surface area contributed by atoms with Crippen LogP contribution < -0.4 is 5.32 Å². The Morgan fingerprint density at radius 3 is 2.72 bits per heavy atom. The summed E-state index contributed by atoms with van der Waals surface area (Å²) in [4.78, 5) is 13.7. The Balaban J connectivity index is 2.68. The Morgan fingerprint density at radius 2 is 2.22 bits per heavy atom. The highest BCUT2D eigenvalue weighted by Gasteiger charge is 2.36. The minimum Gasteiger partial charge on any atom is -0.480 e. The fourth-order valence-corrected chi connectivity index (χ4v) is 2.55. The fraction of sp³-hybridized carbons (Fsp3) is 0.923. The molecule has 4 unspecified atom stereocenters. The lowest BCUT2D eigenvalue weighted by Crippen LogP contribution is -2.56. The molecule has 0 aliphatic carbocycles. The van der Waals surface area contributed by atoms with Crippen LogP contribution in [-0.2, 0) is 9.53 Å². The summed E-state index contributed by atoms with van der Waals surface area (Å²) in [7, 11) is 1.70. The summed E-state index contributed by atoms with van der Waals surface area (Å²) >= 11 is 0. The summed E-state index contributed by atoms with van der Waals surface area (Å²) in [6, 6.07) is 0.547. The highest BCUT2D eigenvalue weighted by molar-refractivity contribution is 5.78. The maximum absolute atomic E-state index is 11.3. The molecule has 1 fully saturated rings. The van der Waals surface area contributed by atoms with E-state index in [1.54, 1.807) is 14.0 Å². The average Bonchev–Trinajstić information content (AvgIpc) is 2.31. The van der Waals surface area contributed by atoms with Gasteiger partial charge in [-0.3, -0.25) is 9.69 Å². The summed E-state index contributed by atoms with van der Waals surface area (Å²) in [5, 5.41) is 12.2. The van der Waals surface area contributed by atoms with Crippen molar-refractivity contribution in [3.05, 3.63) is 0 Å². The van der Waals surface area contributed by atoms with E-state index in [4.69, 9.17) is 4.74 Å². The average molecular weight is 258 g/mol. The van der Waals surface area contributed by atoms with Crippen LogP contribution in [0, 0.1) is 0 Å². The molecule has 0 radical (unpaired) electrons. The van der Waals surface area contributed by atoms with Crippen molar-refractivity contribution < 1.29 is 14.6 Å². The number of carboxylic acids is 1. The first-order valence-corrected chi connectivity index (χ1v) is 6.60. The quantitative estimate of drug-likeness (QED) is 0.768. The van der Waals surface area contributed by atoms with Gasteiger partial charge >= 0.3 is 5.97 Å². The standard InChI is InChI=1S/C13H26N2O3/c1-9(6-13(4,14-5)12(16)17)15-7-11(3)18-8-10(15)2/h9-11,14H,6-8H2,1-5H3,(H,16,17). The van der Waals surface area contributed by atoms with Crippen molar-refractivity contribution in [3.63, 3.8) is 0 Å². The van der Waals surface area contributed by atoms with Crippen molar-refractivity contribution in [3.8, 4) is 0 Å². The molecule has 0 bridgehead atoms. The van der Waals surface area contributed by atoms with Crippen LogP contribution in [0.2, 0.25) is 0 Å². The smallest absolute Gasteiger partial charge is 0.323 e. The Labute approximate surface area is 109 Å². The van der Waals surface area contributed by atoms with Gasteiger partial charge in [0.15, 0.2) is 0 Å². The van der Waals surface area contributed by atoms with Crippen LogP contribution in [0.4, 0.5) is 0 Å². The zero-order chi connectivity index (χ0) is 13.9. The molecule has 4 atom stereocenters. The predicted molar refractivity (Wildman–Crippen MR) is 70.8 cm³/mol. The van der Waals surface area contributed by atoms with Crippen molar-refractivity contribution in [2.75, 3.05) is 20.2 Å². The van der Waals surface area contributed by atoms with Gasteiger partial charge in [-0.1, -0.05) is 0 Å². The second kappa shape index (κ2) is 5.99. The van der Waals surface area contributed by atoms with Crippen LogP contribution in [0.5, 0.6) is 0 Å². The third-order valence-corrected chi connectivity index (χ3v) is 3.95. The van der Waals surface area contributed by atoms with E-state index in [1.807, 2.05) is 0 Å². The van der Waals surface area contributed by atoms with Crippen molar-refractivity contribution in [2.45, 2.75) is 57.8 Å². The van der Waals surface area contributed by atoms with Crippen LogP contribution in [0.3, 0.4) is 0 Å². The highest BCUT2D eigenvalue weighted by Crippen LogP contribution is 2.21. The molecular formula is C13H26N2O3. The second-order valence-electron chi connectivity index (χ2n) is 5.63. The predicted octanol–water partition coefficient (Wildman–Crippen LogP) is 0.937. The molecule has 0 spiro atoms. The number of carboxylic acid groups (broad SMARTS) is 1. The molecule has 1 saturated heterocycles. The van der Waals surface area contributed by atoms with Gasteiger partial charge in [0.05, 0.1) is 12.7 Å². The van der Waals surface area contributed by atoms with E-state index < -0.39 is 11.5 Å². The zero-order valence-electron chi connectivity index (χ0n) is 12.1. The molecule has 0 saturated carbocycles. The number of nitrogens with one attached hydrogen (secondary N) is 1. The molecule has 5 heteroatoms. The Hall–Kier alpha value is -0.650. The van der Waals surface area contributed by atoms with Crippen molar-refractivity contribution in [2.24, 2.45) is 0 Å². The maximum Gasteiger partial charge on any atom is 0.323 e. The largest absolute Gasteiger partial charge is 0.480 e. The Morgan fingerprint density at radius 1 is 1.61 bits per heavy atom. The normalized spacial score (nSPS) is 30.7. The van der Waals surface area contributed by atoms with Crippen LogP contribution >= 0.6 is 0 Å². The second-order valence-corrected chi connectivity index (χ2v) is 5.63. The van der Waals surface area contributed by atoms with Gasteiger partial charge in [-0.25, -0.2) is 0 Å². The number of aliphatic carboxylic acids is 1. The number of morpholine rings is 1. The van der Waals surface area contributed by atoms with E-state index in [0.717, 1.165) is 13.2 Å². The third-order valence-electron chi connectivity index (χ3n) is 3.95. The van der Waals surface area contributed by atoms with Gasteiger partial charge < -0.3 is 15.2 Å². The molecule has 0 aromatic carbocycles. The number of ether oxygens (including phenoxy) is 1. The van der Waals surface area contributed by atoms with Gasteiger partial charge in [-0.15, -0.1) is 0 Å². The first kappa shape index (κ1) is 15.4. The molecule has 0 aromatic rings. The van der Waals surface area contributed by atoms with Crippen molar-refractivity contribution in [1.29, 1.82) is 0 Å². The molecule has 106 valence electrons. The van der Waals surface area contributed by atoms with Gasteiger partial charge in [0.2, 0.25) is 0 Å². The summed E-state index contributed by atoms with van der Waals surface area (Å²) in [6.45, 7) is 9.59. The number of likely N-dealkylation sites (N-methyl/N-ethyl adjacent to an activating group) is 1.